The van der Waals surface area contributed by atoms with Crippen LogP contribution in [0.1, 0.15) is 6.42 Å². The van der Waals surface area contributed by atoms with E-state index in [4.69, 9.17) is 14.2 Å². The van der Waals surface area contributed by atoms with Gasteiger partial charge in [-0.1, -0.05) is 0 Å². The van der Waals surface area contributed by atoms with E-state index in [1.807, 2.05) is 12.1 Å². The summed E-state index contributed by atoms with van der Waals surface area (Å²) in [4.78, 5) is 17.1. The number of anilines is 2. The number of carbonyl (C=O) groups is 1. The van der Waals surface area contributed by atoms with Gasteiger partial charge >= 0.3 is 0 Å². The highest BCUT2D eigenvalue weighted by atomic mass is 16.5. The van der Waals surface area contributed by atoms with Crippen molar-refractivity contribution in [3.63, 3.8) is 0 Å². The van der Waals surface area contributed by atoms with Gasteiger partial charge in [0.15, 0.2) is 0 Å². The fraction of sp³-hybridized carbons (Fsp3) is 0.409. The molecule has 29 heavy (non-hydrogen) atoms. The lowest BCUT2D eigenvalue weighted by molar-refractivity contribution is -0.116. The van der Waals surface area contributed by atoms with Crippen molar-refractivity contribution in [1.82, 2.24) is 4.90 Å². The second-order valence-corrected chi connectivity index (χ2v) is 6.89. The summed E-state index contributed by atoms with van der Waals surface area (Å²) in [7, 11) is 4.85. The van der Waals surface area contributed by atoms with Crippen LogP contribution < -0.4 is 24.4 Å². The first kappa shape index (κ1) is 20.8. The SMILES string of the molecule is COc1ccc(N2CCN(CCC(=O)Nc3ccc(OC)cc3OC)CC2)cc1. The maximum Gasteiger partial charge on any atom is 0.225 e. The highest BCUT2D eigenvalue weighted by molar-refractivity contribution is 5.92. The number of hydrogen-bond donors (Lipinski definition) is 1. The summed E-state index contributed by atoms with van der Waals surface area (Å²) in [6.45, 7) is 4.50. The molecule has 1 heterocycles. The smallest absolute Gasteiger partial charge is 0.225 e. The van der Waals surface area contributed by atoms with E-state index in [2.05, 4.69) is 27.2 Å². The van der Waals surface area contributed by atoms with E-state index in [1.54, 1.807) is 39.5 Å². The molecule has 0 spiro atoms. The van der Waals surface area contributed by atoms with Crippen molar-refractivity contribution < 1.29 is 19.0 Å². The van der Waals surface area contributed by atoms with E-state index in [0.717, 1.165) is 38.5 Å². The third kappa shape index (κ3) is 5.54. The van der Waals surface area contributed by atoms with E-state index < -0.39 is 0 Å². The molecule has 1 aliphatic rings. The number of methoxy groups -OCH3 is 3. The molecule has 1 saturated heterocycles. The summed E-state index contributed by atoms with van der Waals surface area (Å²) in [5.41, 5.74) is 1.86. The number of ether oxygens (including phenoxy) is 3. The minimum absolute atomic E-state index is 0.0222. The topological polar surface area (TPSA) is 63.3 Å². The fourth-order valence-corrected chi connectivity index (χ4v) is 3.40. The van der Waals surface area contributed by atoms with Crippen LogP contribution in [0.15, 0.2) is 42.5 Å². The molecule has 0 unspecified atom stereocenters. The quantitative estimate of drug-likeness (QED) is 0.737. The molecule has 0 bridgehead atoms. The van der Waals surface area contributed by atoms with Gasteiger partial charge in [0.05, 0.1) is 27.0 Å². The van der Waals surface area contributed by atoms with Crippen LogP contribution >= 0.6 is 0 Å². The van der Waals surface area contributed by atoms with E-state index in [-0.39, 0.29) is 5.91 Å². The van der Waals surface area contributed by atoms with Crippen molar-refractivity contribution in [3.05, 3.63) is 42.5 Å². The van der Waals surface area contributed by atoms with Crippen molar-refractivity contribution in [3.8, 4) is 17.2 Å². The third-order valence-corrected chi connectivity index (χ3v) is 5.15. The van der Waals surface area contributed by atoms with Crippen molar-refractivity contribution in [2.45, 2.75) is 6.42 Å². The molecular formula is C22H29N3O4. The zero-order valence-corrected chi connectivity index (χ0v) is 17.3. The Hall–Kier alpha value is -2.93. The zero-order valence-electron chi connectivity index (χ0n) is 17.3. The van der Waals surface area contributed by atoms with Crippen molar-refractivity contribution in [2.24, 2.45) is 0 Å². The standard InChI is InChI=1S/C22H29N3O4/c1-27-18-6-4-17(5-7-18)25-14-12-24(13-15-25)11-10-22(26)23-20-9-8-19(28-2)16-21(20)29-3/h4-9,16H,10-15H2,1-3H3,(H,23,26). The van der Waals surface area contributed by atoms with Gasteiger partial charge in [-0.05, 0) is 36.4 Å². The van der Waals surface area contributed by atoms with Gasteiger partial charge in [0.25, 0.3) is 0 Å². The molecule has 3 rings (SSSR count). The number of carbonyl (C=O) groups excluding carboxylic acids is 1. The van der Waals surface area contributed by atoms with Gasteiger partial charge in [0.2, 0.25) is 5.91 Å². The minimum atomic E-state index is -0.0222. The van der Waals surface area contributed by atoms with Gasteiger partial charge < -0.3 is 24.4 Å². The van der Waals surface area contributed by atoms with E-state index in [9.17, 15) is 4.79 Å². The van der Waals surface area contributed by atoms with Gasteiger partial charge in [-0.15, -0.1) is 0 Å². The molecule has 2 aromatic carbocycles. The van der Waals surface area contributed by atoms with Gasteiger partial charge in [0, 0.05) is 50.9 Å². The zero-order chi connectivity index (χ0) is 20.6. The monoisotopic (exact) mass is 399 g/mol. The summed E-state index contributed by atoms with van der Waals surface area (Å²) in [6.07, 6.45) is 0.442. The van der Waals surface area contributed by atoms with Crippen molar-refractivity contribution >= 4 is 17.3 Å². The number of nitrogens with one attached hydrogen (secondary N) is 1. The molecule has 7 heteroatoms. The summed E-state index contributed by atoms with van der Waals surface area (Å²) >= 11 is 0. The Balaban J connectivity index is 1.44. The molecule has 1 fully saturated rings. The number of benzene rings is 2. The first-order valence-corrected chi connectivity index (χ1v) is 9.76. The Bertz CT molecular complexity index is 802. The average molecular weight is 399 g/mol. The van der Waals surface area contributed by atoms with E-state index >= 15 is 0 Å². The first-order chi connectivity index (χ1) is 14.1. The summed E-state index contributed by atoms with van der Waals surface area (Å²) in [5, 5.41) is 2.93. The Labute approximate surface area is 172 Å². The van der Waals surface area contributed by atoms with E-state index in [1.165, 1.54) is 5.69 Å². The average Bonchev–Trinajstić information content (AvgIpc) is 2.78. The number of amides is 1. The first-order valence-electron chi connectivity index (χ1n) is 9.76. The number of rotatable bonds is 8. The molecule has 7 nitrogen and oxygen atoms in total. The summed E-state index contributed by atoms with van der Waals surface area (Å²) < 4.78 is 15.7. The highest BCUT2D eigenvalue weighted by Crippen LogP contribution is 2.29. The molecule has 0 atom stereocenters. The minimum Gasteiger partial charge on any atom is -0.497 e. The van der Waals surface area contributed by atoms with Crippen LogP contribution in [-0.4, -0.2) is 64.9 Å². The fourth-order valence-electron chi connectivity index (χ4n) is 3.40. The van der Waals surface area contributed by atoms with Crippen LogP contribution in [-0.2, 0) is 4.79 Å². The molecular weight excluding hydrogens is 370 g/mol. The van der Waals surface area contributed by atoms with Crippen LogP contribution in [0.25, 0.3) is 0 Å². The van der Waals surface area contributed by atoms with E-state index in [0.29, 0.717) is 23.6 Å². The lowest BCUT2D eigenvalue weighted by atomic mass is 10.2. The van der Waals surface area contributed by atoms with Crippen LogP contribution in [0.4, 0.5) is 11.4 Å². The number of piperazine rings is 1. The predicted octanol–water partition coefficient (Wildman–Crippen LogP) is 2.86. The molecule has 2 aromatic rings. The van der Waals surface area contributed by atoms with Gasteiger partial charge in [-0.2, -0.15) is 0 Å². The predicted molar refractivity (Wildman–Crippen MR) is 114 cm³/mol. The lowest BCUT2D eigenvalue weighted by Gasteiger charge is -2.36. The number of nitrogens with zero attached hydrogens (tertiary/aromatic N) is 2. The molecule has 0 aromatic heterocycles. The van der Waals surface area contributed by atoms with Gasteiger partial charge in [0.1, 0.15) is 17.2 Å². The Kier molecular flexibility index (Phi) is 7.19. The largest absolute Gasteiger partial charge is 0.497 e. The van der Waals surface area contributed by atoms with Crippen LogP contribution in [0.2, 0.25) is 0 Å². The molecule has 1 N–H and O–H groups in total. The molecule has 156 valence electrons. The lowest BCUT2D eigenvalue weighted by Crippen LogP contribution is -2.47. The molecule has 0 aliphatic carbocycles. The Morgan fingerprint density at radius 3 is 2.17 bits per heavy atom. The summed E-state index contributed by atoms with van der Waals surface area (Å²) in [5.74, 6) is 2.12. The second-order valence-electron chi connectivity index (χ2n) is 6.89. The normalized spacial score (nSPS) is 14.4. The molecule has 1 aliphatic heterocycles. The van der Waals surface area contributed by atoms with Crippen molar-refractivity contribution in [2.75, 3.05) is 64.3 Å². The Morgan fingerprint density at radius 1 is 0.897 bits per heavy atom. The number of hydrogen-bond acceptors (Lipinski definition) is 6. The van der Waals surface area contributed by atoms with Crippen molar-refractivity contribution in [1.29, 1.82) is 0 Å². The van der Waals surface area contributed by atoms with Crippen LogP contribution in [0.3, 0.4) is 0 Å². The highest BCUT2D eigenvalue weighted by Gasteiger charge is 2.18. The molecule has 0 radical (unpaired) electrons. The van der Waals surface area contributed by atoms with Gasteiger partial charge in [-0.25, -0.2) is 0 Å². The maximum atomic E-state index is 12.4. The van der Waals surface area contributed by atoms with Gasteiger partial charge in [-0.3, -0.25) is 9.69 Å². The molecule has 1 amide bonds. The maximum absolute atomic E-state index is 12.4. The Morgan fingerprint density at radius 2 is 1.55 bits per heavy atom. The van der Waals surface area contributed by atoms with Crippen LogP contribution in [0.5, 0.6) is 17.2 Å². The third-order valence-electron chi connectivity index (χ3n) is 5.15. The van der Waals surface area contributed by atoms with Crippen LogP contribution in [0, 0.1) is 0 Å². The summed E-state index contributed by atoms with van der Waals surface area (Å²) in [6, 6.07) is 13.5. The second kappa shape index (κ2) is 10.0. The molecule has 0 saturated carbocycles.